The lowest BCUT2D eigenvalue weighted by Gasteiger charge is -2.16. The Morgan fingerprint density at radius 1 is 0.917 bits per heavy atom. The zero-order valence-corrected chi connectivity index (χ0v) is 21.0. The molecule has 2 N–H and O–H groups in total. The molecule has 186 valence electrons. The Hall–Kier alpha value is -3.32. The molecule has 4 aromatic rings. The van der Waals surface area contributed by atoms with Crippen molar-refractivity contribution < 1.29 is 18.0 Å². The number of carbonyl (C=O) groups is 1. The quantitative estimate of drug-likeness (QED) is 0.278. The summed E-state index contributed by atoms with van der Waals surface area (Å²) in [5.41, 5.74) is 4.99. The first-order valence-corrected chi connectivity index (χ1v) is 13.1. The molecule has 2 amide bonds. The monoisotopic (exact) mass is 508 g/mol. The number of thiophene rings is 1. The normalized spacial score (nSPS) is 13.1. The van der Waals surface area contributed by atoms with Crippen molar-refractivity contribution in [3.8, 4) is 11.1 Å². The number of fused-ring (bicyclic) bond motifs is 2. The Balaban J connectivity index is 1.62. The second-order valence-electron chi connectivity index (χ2n) is 9.06. The fourth-order valence-electron chi connectivity index (χ4n) is 5.12. The molecule has 7 heteroatoms. The van der Waals surface area contributed by atoms with Gasteiger partial charge in [-0.05, 0) is 78.1 Å². The summed E-state index contributed by atoms with van der Waals surface area (Å²) < 4.78 is 42.9. The average Bonchev–Trinajstić information content (AvgIpc) is 3.45. The minimum absolute atomic E-state index is 0.0766. The largest absolute Gasteiger partial charge is 0.417 e. The van der Waals surface area contributed by atoms with Gasteiger partial charge in [0.1, 0.15) is 5.00 Å². The van der Waals surface area contributed by atoms with E-state index in [2.05, 4.69) is 16.7 Å². The molecular formula is C29H27F3N2OS. The molecule has 0 unspecified atom stereocenters. The van der Waals surface area contributed by atoms with Crippen LogP contribution >= 0.6 is 11.3 Å². The number of alkyl halides is 3. The van der Waals surface area contributed by atoms with Crippen molar-refractivity contribution in [3.05, 3.63) is 82.4 Å². The number of carbonyl (C=O) groups excluding carboxylic acids is 1. The Morgan fingerprint density at radius 3 is 2.25 bits per heavy atom. The molecule has 1 heterocycles. The van der Waals surface area contributed by atoms with E-state index in [4.69, 9.17) is 0 Å². The zero-order valence-electron chi connectivity index (χ0n) is 20.2. The number of anilines is 2. The van der Waals surface area contributed by atoms with Gasteiger partial charge in [0.2, 0.25) is 0 Å². The molecule has 0 saturated carbocycles. The Morgan fingerprint density at radius 2 is 1.58 bits per heavy atom. The molecule has 36 heavy (non-hydrogen) atoms. The first kappa shape index (κ1) is 24.4. The number of hydrogen-bond donors (Lipinski definition) is 2. The van der Waals surface area contributed by atoms with Crippen molar-refractivity contribution in [2.75, 3.05) is 10.6 Å². The molecule has 3 aromatic carbocycles. The molecule has 0 saturated heterocycles. The van der Waals surface area contributed by atoms with Gasteiger partial charge in [0.05, 0.1) is 5.56 Å². The number of amides is 2. The number of hydrogen-bond acceptors (Lipinski definition) is 2. The molecule has 1 aliphatic rings. The summed E-state index contributed by atoms with van der Waals surface area (Å²) in [6.07, 6.45) is -0.0839. The lowest BCUT2D eigenvalue weighted by molar-refractivity contribution is -0.137. The van der Waals surface area contributed by atoms with Crippen molar-refractivity contribution in [3.63, 3.8) is 0 Å². The fraction of sp³-hybridized carbons (Fsp3) is 0.276. The second-order valence-corrected chi connectivity index (χ2v) is 10.1. The number of rotatable bonds is 5. The fourth-order valence-corrected chi connectivity index (χ4v) is 6.28. The van der Waals surface area contributed by atoms with Gasteiger partial charge in [-0.2, -0.15) is 13.2 Å². The first-order valence-electron chi connectivity index (χ1n) is 12.2. The number of aryl methyl sites for hydroxylation is 4. The van der Waals surface area contributed by atoms with Crippen LogP contribution in [0.3, 0.4) is 0 Å². The van der Waals surface area contributed by atoms with Gasteiger partial charge >= 0.3 is 12.2 Å². The highest BCUT2D eigenvalue weighted by atomic mass is 32.1. The van der Waals surface area contributed by atoms with Crippen molar-refractivity contribution in [2.24, 2.45) is 0 Å². The van der Waals surface area contributed by atoms with Crippen LogP contribution in [0, 0.1) is 0 Å². The summed E-state index contributed by atoms with van der Waals surface area (Å²) in [5, 5.41) is 7.04. The summed E-state index contributed by atoms with van der Waals surface area (Å²) in [6.45, 7) is 4.05. The highest BCUT2D eigenvalue weighted by Gasteiger charge is 2.35. The van der Waals surface area contributed by atoms with Crippen LogP contribution < -0.4 is 10.6 Å². The molecule has 1 aliphatic carbocycles. The van der Waals surface area contributed by atoms with E-state index in [1.807, 2.05) is 38.1 Å². The summed E-state index contributed by atoms with van der Waals surface area (Å²) in [5.74, 6) is 0. The second kappa shape index (κ2) is 9.62. The van der Waals surface area contributed by atoms with Crippen molar-refractivity contribution >= 4 is 38.1 Å². The smallest absolute Gasteiger partial charge is 0.307 e. The van der Waals surface area contributed by atoms with Crippen molar-refractivity contribution in [1.82, 2.24) is 0 Å². The van der Waals surface area contributed by atoms with Crippen LogP contribution in [0.15, 0.2) is 54.6 Å². The molecule has 5 rings (SSSR count). The molecule has 1 aromatic heterocycles. The predicted octanol–water partition coefficient (Wildman–Crippen LogP) is 8.84. The standard InChI is InChI=1S/C29H27F3N2OS/c1-3-17-9-7-10-18(4-2)26(17)33-28(35)34-27-25(21-13-5-6-14-23(21)29(30,31)32)22-15-19-11-8-12-20(19)16-24(22)36-27/h5-7,9-10,13-16H,3-4,8,11-12H2,1-2H3,(H2,33,34,35). The van der Waals surface area contributed by atoms with E-state index in [1.165, 1.54) is 34.6 Å². The lowest BCUT2D eigenvalue weighted by atomic mass is 9.96. The molecule has 0 atom stereocenters. The van der Waals surface area contributed by atoms with E-state index in [0.717, 1.165) is 65.1 Å². The maximum atomic E-state index is 14.0. The maximum absolute atomic E-state index is 14.0. The van der Waals surface area contributed by atoms with Gasteiger partial charge in [-0.3, -0.25) is 5.32 Å². The highest BCUT2D eigenvalue weighted by molar-refractivity contribution is 7.23. The topological polar surface area (TPSA) is 41.1 Å². The SMILES string of the molecule is CCc1cccc(CC)c1NC(=O)Nc1sc2cc3c(cc2c1-c1ccccc1C(F)(F)F)CCC3. The van der Waals surface area contributed by atoms with Gasteiger partial charge in [0.25, 0.3) is 0 Å². The summed E-state index contributed by atoms with van der Waals surface area (Å²) in [6, 6.07) is 15.1. The van der Waals surface area contributed by atoms with Gasteiger partial charge < -0.3 is 5.32 Å². The summed E-state index contributed by atoms with van der Waals surface area (Å²) >= 11 is 1.32. The van der Waals surface area contributed by atoms with E-state index in [-0.39, 0.29) is 5.56 Å². The van der Waals surface area contributed by atoms with Crippen LogP contribution in [0.25, 0.3) is 21.2 Å². The first-order chi connectivity index (χ1) is 17.3. The number of benzene rings is 3. The van der Waals surface area contributed by atoms with E-state index < -0.39 is 17.8 Å². The molecule has 0 fully saturated rings. The molecule has 0 spiro atoms. The van der Waals surface area contributed by atoms with Crippen LogP contribution in [-0.2, 0) is 31.9 Å². The number of urea groups is 1. The number of para-hydroxylation sites is 1. The van der Waals surface area contributed by atoms with E-state index in [0.29, 0.717) is 10.6 Å². The summed E-state index contributed by atoms with van der Waals surface area (Å²) in [4.78, 5) is 13.2. The van der Waals surface area contributed by atoms with Crippen LogP contribution in [0.5, 0.6) is 0 Å². The van der Waals surface area contributed by atoms with Gasteiger partial charge in [-0.25, -0.2) is 4.79 Å². The number of halogens is 3. The Kier molecular flexibility index (Phi) is 6.51. The minimum Gasteiger partial charge on any atom is -0.307 e. The van der Waals surface area contributed by atoms with Crippen LogP contribution in [0.1, 0.15) is 48.1 Å². The summed E-state index contributed by atoms with van der Waals surface area (Å²) in [7, 11) is 0. The zero-order chi connectivity index (χ0) is 25.4. The lowest BCUT2D eigenvalue weighted by Crippen LogP contribution is -2.21. The molecule has 3 nitrogen and oxygen atoms in total. The van der Waals surface area contributed by atoms with E-state index in [9.17, 15) is 18.0 Å². The third-order valence-electron chi connectivity index (χ3n) is 6.87. The molecule has 0 aliphatic heterocycles. The molecule has 0 bridgehead atoms. The van der Waals surface area contributed by atoms with Gasteiger partial charge in [0.15, 0.2) is 0 Å². The maximum Gasteiger partial charge on any atom is 0.417 e. The molecular weight excluding hydrogens is 481 g/mol. The predicted molar refractivity (Wildman–Crippen MR) is 142 cm³/mol. The van der Waals surface area contributed by atoms with Gasteiger partial charge in [0, 0.05) is 21.3 Å². The highest BCUT2D eigenvalue weighted by Crippen LogP contribution is 2.48. The van der Waals surface area contributed by atoms with Crippen LogP contribution in [-0.4, -0.2) is 6.03 Å². The van der Waals surface area contributed by atoms with Crippen molar-refractivity contribution in [1.29, 1.82) is 0 Å². The van der Waals surface area contributed by atoms with Gasteiger partial charge in [-0.15, -0.1) is 11.3 Å². The number of nitrogens with one attached hydrogen (secondary N) is 2. The van der Waals surface area contributed by atoms with E-state index in [1.54, 1.807) is 6.07 Å². The van der Waals surface area contributed by atoms with Gasteiger partial charge in [-0.1, -0.05) is 50.2 Å². The van der Waals surface area contributed by atoms with Crippen molar-refractivity contribution in [2.45, 2.75) is 52.1 Å². The average molecular weight is 509 g/mol. The van der Waals surface area contributed by atoms with E-state index >= 15 is 0 Å². The Bertz CT molecular complexity index is 1430. The molecule has 0 radical (unpaired) electrons. The minimum atomic E-state index is -4.52. The third kappa shape index (κ3) is 4.48. The Labute approximate surface area is 212 Å². The van der Waals surface area contributed by atoms with Crippen LogP contribution in [0.4, 0.5) is 28.7 Å². The third-order valence-corrected chi connectivity index (χ3v) is 7.94. The van der Waals surface area contributed by atoms with Crippen LogP contribution in [0.2, 0.25) is 0 Å².